The highest BCUT2D eigenvalue weighted by Crippen LogP contribution is 2.21. The topological polar surface area (TPSA) is 142 Å². The SMILES string of the molecule is CCC(C)C(NC(=O)C(CCSC)NC(=O)C(N)CS)C(=O)N1CCCC1C(=O)O. The monoisotopic (exact) mass is 462 g/mol. The number of carboxylic acid groups (broad SMARTS) is 1. The molecule has 0 spiro atoms. The second kappa shape index (κ2) is 13.1. The third kappa shape index (κ3) is 7.35. The molecule has 1 rings (SSSR count). The van der Waals surface area contributed by atoms with Gasteiger partial charge in [-0.1, -0.05) is 20.3 Å². The first-order chi connectivity index (χ1) is 14.2. The van der Waals surface area contributed by atoms with Gasteiger partial charge in [-0.3, -0.25) is 14.4 Å². The number of likely N-dealkylation sites (tertiary alicyclic amines) is 1. The van der Waals surface area contributed by atoms with Gasteiger partial charge in [0.15, 0.2) is 0 Å². The summed E-state index contributed by atoms with van der Waals surface area (Å²) in [5, 5.41) is 14.8. The lowest BCUT2D eigenvalue weighted by atomic mass is 9.96. The molecule has 0 aromatic heterocycles. The van der Waals surface area contributed by atoms with Crippen LogP contribution in [0.5, 0.6) is 0 Å². The van der Waals surface area contributed by atoms with Gasteiger partial charge >= 0.3 is 5.97 Å². The highest BCUT2D eigenvalue weighted by atomic mass is 32.2. The molecule has 0 aliphatic carbocycles. The summed E-state index contributed by atoms with van der Waals surface area (Å²) in [5.41, 5.74) is 5.70. The van der Waals surface area contributed by atoms with Crippen molar-refractivity contribution >= 4 is 48.1 Å². The van der Waals surface area contributed by atoms with Crippen LogP contribution in [0.15, 0.2) is 0 Å². The van der Waals surface area contributed by atoms with Gasteiger partial charge in [0.1, 0.15) is 18.1 Å². The Hall–Kier alpha value is -1.46. The zero-order valence-corrected chi connectivity index (χ0v) is 19.5. The molecule has 0 aromatic carbocycles. The van der Waals surface area contributed by atoms with Gasteiger partial charge in [-0.2, -0.15) is 24.4 Å². The minimum Gasteiger partial charge on any atom is -0.480 e. The molecule has 30 heavy (non-hydrogen) atoms. The minimum absolute atomic E-state index is 0.141. The first-order valence-corrected chi connectivity index (χ1v) is 12.2. The van der Waals surface area contributed by atoms with Gasteiger partial charge < -0.3 is 26.4 Å². The van der Waals surface area contributed by atoms with Crippen LogP contribution in [0.1, 0.15) is 39.5 Å². The van der Waals surface area contributed by atoms with Gasteiger partial charge in [0, 0.05) is 12.3 Å². The molecule has 1 saturated heterocycles. The number of hydrogen-bond donors (Lipinski definition) is 5. The molecule has 5 unspecified atom stereocenters. The predicted octanol–water partition coefficient (Wildman–Crippen LogP) is 0.0879. The Kier molecular flexibility index (Phi) is 11.6. The van der Waals surface area contributed by atoms with E-state index in [2.05, 4.69) is 23.3 Å². The summed E-state index contributed by atoms with van der Waals surface area (Å²) in [6.45, 7) is 4.08. The quantitative estimate of drug-likeness (QED) is 0.259. The average molecular weight is 463 g/mol. The fraction of sp³-hybridized carbons (Fsp3) is 0.789. The molecular formula is C19H34N4O5S2. The number of hydrogen-bond acceptors (Lipinski definition) is 7. The first-order valence-electron chi connectivity index (χ1n) is 10.2. The fourth-order valence-electron chi connectivity index (χ4n) is 3.27. The van der Waals surface area contributed by atoms with Crippen LogP contribution in [-0.2, 0) is 19.2 Å². The van der Waals surface area contributed by atoms with Crippen LogP contribution in [0.25, 0.3) is 0 Å². The number of thiol groups is 1. The van der Waals surface area contributed by atoms with Crippen LogP contribution in [0.4, 0.5) is 0 Å². The van der Waals surface area contributed by atoms with E-state index in [4.69, 9.17) is 5.73 Å². The number of nitrogens with zero attached hydrogens (tertiary/aromatic N) is 1. The van der Waals surface area contributed by atoms with Crippen molar-refractivity contribution in [2.24, 2.45) is 11.7 Å². The Bertz CT molecular complexity index is 622. The maximum absolute atomic E-state index is 13.1. The average Bonchev–Trinajstić information content (AvgIpc) is 3.23. The van der Waals surface area contributed by atoms with Crippen molar-refractivity contribution < 1.29 is 24.3 Å². The van der Waals surface area contributed by atoms with Crippen LogP contribution in [0.3, 0.4) is 0 Å². The van der Waals surface area contributed by atoms with Crippen molar-refractivity contribution in [1.29, 1.82) is 0 Å². The van der Waals surface area contributed by atoms with Crippen LogP contribution in [-0.4, -0.2) is 82.2 Å². The summed E-state index contributed by atoms with van der Waals surface area (Å²) in [5.74, 6) is -1.83. The van der Waals surface area contributed by atoms with Crippen LogP contribution < -0.4 is 16.4 Å². The molecule has 1 aliphatic rings. The number of carbonyl (C=O) groups excluding carboxylic acids is 3. The van der Waals surface area contributed by atoms with E-state index in [1.807, 2.05) is 20.1 Å². The lowest BCUT2D eigenvalue weighted by molar-refractivity contribution is -0.150. The first kappa shape index (κ1) is 26.6. The molecule has 0 aromatic rings. The van der Waals surface area contributed by atoms with Gasteiger partial charge in [0.2, 0.25) is 17.7 Å². The molecule has 5 atom stereocenters. The summed E-state index contributed by atoms with van der Waals surface area (Å²) in [4.78, 5) is 51.1. The van der Waals surface area contributed by atoms with Crippen molar-refractivity contribution in [3.63, 3.8) is 0 Å². The molecule has 9 nitrogen and oxygen atoms in total. The fourth-order valence-corrected chi connectivity index (χ4v) is 3.91. The number of thioether (sulfide) groups is 1. The Morgan fingerprint density at radius 1 is 1.27 bits per heavy atom. The van der Waals surface area contributed by atoms with Crippen molar-refractivity contribution in [2.45, 2.75) is 63.7 Å². The third-order valence-electron chi connectivity index (χ3n) is 5.37. The van der Waals surface area contributed by atoms with Crippen molar-refractivity contribution in [2.75, 3.05) is 24.3 Å². The lowest BCUT2D eigenvalue weighted by Gasteiger charge is -2.31. The van der Waals surface area contributed by atoms with Crippen LogP contribution in [0.2, 0.25) is 0 Å². The Morgan fingerprint density at radius 2 is 1.93 bits per heavy atom. The standard InChI is InChI=1S/C19H34N4O5S2/c1-4-11(2)15(18(26)23-8-5-6-14(23)19(27)28)22-17(25)13(7-9-30-3)21-16(24)12(20)10-29/h11-15,29H,4-10,20H2,1-3H3,(H,21,24)(H,22,25)(H,27,28). The Morgan fingerprint density at radius 3 is 2.47 bits per heavy atom. The number of rotatable bonds is 12. The van der Waals surface area contributed by atoms with Crippen LogP contribution >= 0.6 is 24.4 Å². The number of nitrogens with one attached hydrogen (secondary N) is 2. The normalized spacial score (nSPS) is 20.2. The van der Waals surface area contributed by atoms with Gasteiger partial charge in [0.25, 0.3) is 0 Å². The summed E-state index contributed by atoms with van der Waals surface area (Å²) in [7, 11) is 0. The summed E-state index contributed by atoms with van der Waals surface area (Å²) in [6.07, 6.45) is 3.89. The number of aliphatic carboxylic acids is 1. The largest absolute Gasteiger partial charge is 0.480 e. The molecule has 172 valence electrons. The van der Waals surface area contributed by atoms with Crippen molar-refractivity contribution in [3.8, 4) is 0 Å². The predicted molar refractivity (Wildman–Crippen MR) is 121 cm³/mol. The lowest BCUT2D eigenvalue weighted by Crippen LogP contribution is -2.59. The second-order valence-corrected chi connectivity index (χ2v) is 8.88. The van der Waals surface area contributed by atoms with E-state index in [0.29, 0.717) is 38.0 Å². The van der Waals surface area contributed by atoms with Crippen molar-refractivity contribution in [3.05, 3.63) is 0 Å². The summed E-state index contributed by atoms with van der Waals surface area (Å²) in [6, 6.07) is -3.43. The number of carboxylic acids is 1. The van der Waals surface area contributed by atoms with E-state index in [0.717, 1.165) is 0 Å². The highest BCUT2D eigenvalue weighted by molar-refractivity contribution is 7.98. The Balaban J connectivity index is 2.99. The molecule has 1 fully saturated rings. The third-order valence-corrected chi connectivity index (χ3v) is 6.41. The second-order valence-electron chi connectivity index (χ2n) is 7.53. The van der Waals surface area contributed by atoms with Gasteiger partial charge in [-0.15, -0.1) is 0 Å². The zero-order chi connectivity index (χ0) is 22.8. The van der Waals surface area contributed by atoms with E-state index in [1.165, 1.54) is 16.7 Å². The van der Waals surface area contributed by atoms with Crippen LogP contribution in [0, 0.1) is 5.92 Å². The van der Waals surface area contributed by atoms with E-state index in [-0.39, 0.29) is 11.7 Å². The van der Waals surface area contributed by atoms with Crippen molar-refractivity contribution in [1.82, 2.24) is 15.5 Å². The molecule has 0 saturated carbocycles. The zero-order valence-electron chi connectivity index (χ0n) is 17.8. The highest BCUT2D eigenvalue weighted by Gasteiger charge is 2.39. The smallest absolute Gasteiger partial charge is 0.326 e. The molecular weight excluding hydrogens is 428 g/mol. The Labute approximate surface area is 187 Å². The van der Waals surface area contributed by atoms with Gasteiger partial charge in [-0.25, -0.2) is 4.79 Å². The van der Waals surface area contributed by atoms with E-state index in [9.17, 15) is 24.3 Å². The number of carbonyl (C=O) groups is 4. The molecule has 5 N–H and O–H groups in total. The molecule has 1 heterocycles. The van der Waals surface area contributed by atoms with Gasteiger partial charge in [-0.05, 0) is 37.2 Å². The number of nitrogens with two attached hydrogens (primary N) is 1. The van der Waals surface area contributed by atoms with E-state index >= 15 is 0 Å². The molecule has 0 bridgehead atoms. The summed E-state index contributed by atoms with van der Waals surface area (Å²) >= 11 is 5.54. The molecule has 11 heteroatoms. The maximum atomic E-state index is 13.1. The minimum atomic E-state index is -1.04. The molecule has 3 amide bonds. The summed E-state index contributed by atoms with van der Waals surface area (Å²) < 4.78 is 0. The maximum Gasteiger partial charge on any atom is 0.326 e. The number of amides is 3. The molecule has 1 aliphatic heterocycles. The van der Waals surface area contributed by atoms with E-state index < -0.39 is 47.9 Å². The van der Waals surface area contributed by atoms with Gasteiger partial charge in [0.05, 0.1) is 6.04 Å². The molecule has 0 radical (unpaired) electrons. The van der Waals surface area contributed by atoms with E-state index in [1.54, 1.807) is 0 Å².